The highest BCUT2D eigenvalue weighted by atomic mass is 19.4. The number of rotatable bonds is 6. The Morgan fingerprint density at radius 3 is 2.31 bits per heavy atom. The first-order valence-corrected chi connectivity index (χ1v) is 8.80. The van der Waals surface area contributed by atoms with Crippen molar-refractivity contribution in [3.05, 3.63) is 12.7 Å². The van der Waals surface area contributed by atoms with E-state index in [0.29, 0.717) is 19.3 Å². The van der Waals surface area contributed by atoms with E-state index in [2.05, 4.69) is 22.5 Å². The van der Waals surface area contributed by atoms with Crippen LogP contribution < -0.4 is 16.0 Å². The summed E-state index contributed by atoms with van der Waals surface area (Å²) < 4.78 is 37.5. The Kier molecular flexibility index (Phi) is 7.27. The molecule has 0 aromatic carbocycles. The van der Waals surface area contributed by atoms with Gasteiger partial charge in [-0.2, -0.15) is 13.2 Å². The molecule has 3 atom stereocenters. The van der Waals surface area contributed by atoms with Gasteiger partial charge in [0.25, 0.3) is 0 Å². The summed E-state index contributed by atoms with van der Waals surface area (Å²) in [5, 5.41) is 8.03. The van der Waals surface area contributed by atoms with Crippen LogP contribution in [-0.2, 0) is 9.59 Å². The molecule has 1 aliphatic rings. The van der Waals surface area contributed by atoms with Gasteiger partial charge < -0.3 is 16.0 Å². The first-order valence-electron chi connectivity index (χ1n) is 8.80. The minimum atomic E-state index is -4.33. The molecule has 2 amide bonds. The Morgan fingerprint density at radius 2 is 1.85 bits per heavy atom. The molecule has 1 rings (SSSR count). The second-order valence-corrected chi connectivity index (χ2v) is 8.08. The predicted octanol–water partition coefficient (Wildman–Crippen LogP) is 2.53. The molecule has 150 valence electrons. The van der Waals surface area contributed by atoms with Gasteiger partial charge in [-0.25, -0.2) is 0 Å². The van der Waals surface area contributed by atoms with Gasteiger partial charge in [-0.1, -0.05) is 6.08 Å². The van der Waals surface area contributed by atoms with Crippen LogP contribution in [0.4, 0.5) is 13.2 Å². The maximum Gasteiger partial charge on any atom is 0.401 e. The van der Waals surface area contributed by atoms with Crippen LogP contribution in [0.5, 0.6) is 0 Å². The van der Waals surface area contributed by atoms with E-state index in [1.54, 1.807) is 6.08 Å². The van der Waals surface area contributed by atoms with Crippen molar-refractivity contribution >= 4 is 11.8 Å². The van der Waals surface area contributed by atoms with E-state index >= 15 is 0 Å². The van der Waals surface area contributed by atoms with Crippen LogP contribution in [0.3, 0.4) is 0 Å². The fourth-order valence-corrected chi connectivity index (χ4v) is 3.46. The zero-order valence-electron chi connectivity index (χ0n) is 15.9. The lowest BCUT2D eigenvalue weighted by Crippen LogP contribution is -2.68. The number of allylic oxidation sites excluding steroid dienone is 1. The second-order valence-electron chi connectivity index (χ2n) is 8.08. The zero-order chi connectivity index (χ0) is 20.2. The second kappa shape index (κ2) is 8.41. The van der Waals surface area contributed by atoms with Gasteiger partial charge in [-0.05, 0) is 46.0 Å². The maximum atomic E-state index is 13.1. The summed E-state index contributed by atoms with van der Waals surface area (Å²) in [5.41, 5.74) is -1.80. The number of alkyl halides is 3. The van der Waals surface area contributed by atoms with E-state index in [1.807, 2.05) is 20.8 Å². The molecule has 0 aliphatic heterocycles. The van der Waals surface area contributed by atoms with Crippen molar-refractivity contribution < 1.29 is 22.8 Å². The Morgan fingerprint density at radius 1 is 1.23 bits per heavy atom. The van der Waals surface area contributed by atoms with E-state index in [1.165, 1.54) is 6.92 Å². The molecule has 0 saturated heterocycles. The van der Waals surface area contributed by atoms with Gasteiger partial charge in [0, 0.05) is 24.9 Å². The zero-order valence-corrected chi connectivity index (χ0v) is 15.9. The fourth-order valence-electron chi connectivity index (χ4n) is 3.46. The molecule has 5 nitrogen and oxygen atoms in total. The van der Waals surface area contributed by atoms with Crippen LogP contribution in [0.15, 0.2) is 12.7 Å². The number of halogens is 3. The van der Waals surface area contributed by atoms with Crippen molar-refractivity contribution in [3.8, 4) is 0 Å². The smallest absolute Gasteiger partial charge is 0.349 e. The normalized spacial score (nSPS) is 26.9. The third-order valence-electron chi connectivity index (χ3n) is 4.51. The molecule has 8 heteroatoms. The van der Waals surface area contributed by atoms with Crippen LogP contribution in [0, 0.1) is 11.8 Å². The van der Waals surface area contributed by atoms with Crippen molar-refractivity contribution in [3.63, 3.8) is 0 Å². The molecule has 0 radical (unpaired) electrons. The Hall–Kier alpha value is -1.57. The molecular weight excluding hydrogens is 347 g/mol. The van der Waals surface area contributed by atoms with Crippen LogP contribution in [-0.4, -0.2) is 42.2 Å². The van der Waals surface area contributed by atoms with Gasteiger partial charge in [-0.15, -0.1) is 6.58 Å². The van der Waals surface area contributed by atoms with Crippen LogP contribution >= 0.6 is 0 Å². The molecular formula is C18H30F3N3O2. The summed E-state index contributed by atoms with van der Waals surface area (Å²) in [4.78, 5) is 24.9. The molecule has 1 fully saturated rings. The summed E-state index contributed by atoms with van der Waals surface area (Å²) in [5.74, 6) is -1.20. The van der Waals surface area contributed by atoms with Crippen LogP contribution in [0.1, 0.15) is 47.0 Å². The first-order chi connectivity index (χ1) is 11.8. The van der Waals surface area contributed by atoms with Gasteiger partial charge in [0.15, 0.2) is 0 Å². The van der Waals surface area contributed by atoms with Crippen molar-refractivity contribution in [1.29, 1.82) is 0 Å². The van der Waals surface area contributed by atoms with Gasteiger partial charge in [0.2, 0.25) is 11.8 Å². The Balaban J connectivity index is 3.13. The minimum Gasteiger partial charge on any atom is -0.349 e. The lowest BCUT2D eigenvalue weighted by atomic mass is 9.67. The molecule has 0 bridgehead atoms. The monoisotopic (exact) mass is 377 g/mol. The number of amides is 2. The highest BCUT2D eigenvalue weighted by Gasteiger charge is 2.50. The molecule has 26 heavy (non-hydrogen) atoms. The molecule has 0 aromatic rings. The topological polar surface area (TPSA) is 70.2 Å². The Labute approximate surface area is 153 Å². The largest absolute Gasteiger partial charge is 0.401 e. The minimum absolute atomic E-state index is 0.00596. The summed E-state index contributed by atoms with van der Waals surface area (Å²) in [7, 11) is 0. The molecule has 0 spiro atoms. The molecule has 2 unspecified atom stereocenters. The third-order valence-corrected chi connectivity index (χ3v) is 4.51. The lowest BCUT2D eigenvalue weighted by molar-refractivity contribution is -0.139. The predicted molar refractivity (Wildman–Crippen MR) is 94.4 cm³/mol. The lowest BCUT2D eigenvalue weighted by Gasteiger charge is -2.46. The molecule has 1 saturated carbocycles. The highest BCUT2D eigenvalue weighted by molar-refractivity contribution is 5.92. The summed E-state index contributed by atoms with van der Waals surface area (Å²) in [6.07, 6.45) is -1.05. The van der Waals surface area contributed by atoms with Crippen LogP contribution in [0.25, 0.3) is 0 Å². The van der Waals surface area contributed by atoms with E-state index in [4.69, 9.17) is 0 Å². The number of hydrogen-bond donors (Lipinski definition) is 3. The van der Waals surface area contributed by atoms with Gasteiger partial charge in [-0.3, -0.25) is 9.59 Å². The number of carbonyl (C=O) groups excluding carboxylic acids is 2. The molecule has 0 heterocycles. The third kappa shape index (κ3) is 6.63. The maximum absolute atomic E-state index is 13.1. The molecule has 3 N–H and O–H groups in total. The van der Waals surface area contributed by atoms with Crippen molar-refractivity contribution in [1.82, 2.24) is 16.0 Å². The number of nitrogens with one attached hydrogen (secondary N) is 3. The average molecular weight is 377 g/mol. The van der Waals surface area contributed by atoms with E-state index in [9.17, 15) is 22.8 Å². The fraction of sp³-hybridized carbons (Fsp3) is 0.778. The number of hydrogen-bond acceptors (Lipinski definition) is 3. The summed E-state index contributed by atoms with van der Waals surface area (Å²) >= 11 is 0. The van der Waals surface area contributed by atoms with Crippen molar-refractivity contribution in [2.45, 2.75) is 64.2 Å². The van der Waals surface area contributed by atoms with E-state index in [0.717, 1.165) is 0 Å². The quantitative estimate of drug-likeness (QED) is 0.623. The number of carbonyl (C=O) groups is 2. The summed E-state index contributed by atoms with van der Waals surface area (Å²) in [6.45, 7) is 9.39. The molecule has 1 aliphatic carbocycles. The van der Waals surface area contributed by atoms with E-state index < -0.39 is 29.7 Å². The van der Waals surface area contributed by atoms with Gasteiger partial charge in [0.1, 0.15) is 5.54 Å². The highest BCUT2D eigenvalue weighted by Crippen LogP contribution is 2.38. The SMILES string of the molecule is C=CC1CCC(CNCC(F)(F)F)[C@@](NC(C)=O)(C(=O)NC(C)(C)C)C1. The average Bonchev–Trinajstić information content (AvgIpc) is 2.45. The van der Waals surface area contributed by atoms with Crippen LogP contribution in [0.2, 0.25) is 0 Å². The van der Waals surface area contributed by atoms with Gasteiger partial charge >= 0.3 is 6.18 Å². The van der Waals surface area contributed by atoms with Crippen molar-refractivity contribution in [2.24, 2.45) is 11.8 Å². The first kappa shape index (κ1) is 22.5. The van der Waals surface area contributed by atoms with Gasteiger partial charge in [0.05, 0.1) is 6.54 Å². The summed E-state index contributed by atoms with van der Waals surface area (Å²) in [6, 6.07) is 0. The molecule has 0 aromatic heterocycles. The standard InChI is InChI=1S/C18H30F3N3O2/c1-6-13-7-8-14(10-22-11-18(19,20)21)17(9-13,23-12(2)25)15(26)24-16(3,4)5/h6,13-14,22H,1,7-11H2,2-5H3,(H,23,25)(H,24,26)/t13?,14?,17-/m1/s1. The van der Waals surface area contributed by atoms with E-state index in [-0.39, 0.29) is 24.3 Å². The Bertz CT molecular complexity index is 529. The van der Waals surface area contributed by atoms with Crippen molar-refractivity contribution in [2.75, 3.05) is 13.1 Å².